The smallest absolute Gasteiger partial charge is 0.224 e. The Bertz CT molecular complexity index is 554. The Balaban J connectivity index is 1.95. The highest BCUT2D eigenvalue weighted by Gasteiger charge is 2.11. The summed E-state index contributed by atoms with van der Waals surface area (Å²) in [6.07, 6.45) is 0.483. The van der Waals surface area contributed by atoms with E-state index in [1.165, 1.54) is 5.56 Å². The number of amides is 1. The molecule has 98 valence electrons. The fourth-order valence-electron chi connectivity index (χ4n) is 1.96. The van der Waals surface area contributed by atoms with Crippen molar-refractivity contribution in [3.63, 3.8) is 0 Å². The number of hydrogen-bond acceptors (Lipinski definition) is 1. The molecule has 2 nitrogen and oxygen atoms in total. The van der Waals surface area contributed by atoms with Crippen LogP contribution in [-0.2, 0) is 4.79 Å². The van der Waals surface area contributed by atoms with Crippen molar-refractivity contribution in [1.29, 1.82) is 0 Å². The number of anilines is 1. The van der Waals surface area contributed by atoms with Gasteiger partial charge in [0.2, 0.25) is 5.91 Å². The molecule has 0 saturated carbocycles. The van der Waals surface area contributed by atoms with Crippen LogP contribution in [0.4, 0.5) is 5.69 Å². The Morgan fingerprint density at radius 2 is 1.89 bits per heavy atom. The summed E-state index contributed by atoms with van der Waals surface area (Å²) in [6, 6.07) is 17.7. The minimum Gasteiger partial charge on any atom is -0.326 e. The van der Waals surface area contributed by atoms with Crippen molar-refractivity contribution in [3.8, 4) is 0 Å². The molecule has 2 rings (SSSR count). The second-order valence-electron chi connectivity index (χ2n) is 4.57. The minimum absolute atomic E-state index is 0.0365. The third-order valence-electron chi connectivity index (χ3n) is 2.97. The lowest BCUT2D eigenvalue weighted by Crippen LogP contribution is -2.14. The van der Waals surface area contributed by atoms with Gasteiger partial charge >= 0.3 is 0 Å². The third-order valence-corrected chi connectivity index (χ3v) is 3.46. The Hall–Kier alpha value is -1.61. The van der Waals surface area contributed by atoms with Crippen LogP contribution in [0.25, 0.3) is 0 Å². The summed E-state index contributed by atoms with van der Waals surface area (Å²) in [5, 5.41) is 2.91. The highest BCUT2D eigenvalue weighted by molar-refractivity contribution is 9.10. The molecule has 0 aromatic heterocycles. The van der Waals surface area contributed by atoms with Crippen LogP contribution >= 0.6 is 15.9 Å². The van der Waals surface area contributed by atoms with E-state index in [0.29, 0.717) is 6.42 Å². The molecule has 2 aromatic rings. The molecule has 0 bridgehead atoms. The third kappa shape index (κ3) is 4.21. The Kier molecular flexibility index (Phi) is 4.74. The molecular weight excluding hydrogens is 302 g/mol. The zero-order valence-electron chi connectivity index (χ0n) is 10.8. The number of nitrogens with one attached hydrogen (secondary N) is 1. The molecule has 1 amide bonds. The lowest BCUT2D eigenvalue weighted by atomic mass is 9.97. The average molecular weight is 318 g/mol. The van der Waals surface area contributed by atoms with Gasteiger partial charge in [-0.25, -0.2) is 0 Å². The maximum atomic E-state index is 12.0. The summed E-state index contributed by atoms with van der Waals surface area (Å²) >= 11 is 3.39. The van der Waals surface area contributed by atoms with Crippen LogP contribution in [0.2, 0.25) is 0 Å². The van der Waals surface area contributed by atoms with E-state index in [4.69, 9.17) is 0 Å². The van der Waals surface area contributed by atoms with Crippen LogP contribution in [0.5, 0.6) is 0 Å². The maximum absolute atomic E-state index is 12.0. The molecular formula is C16H16BrNO. The van der Waals surface area contributed by atoms with E-state index in [1.54, 1.807) is 0 Å². The van der Waals surface area contributed by atoms with E-state index in [0.717, 1.165) is 10.2 Å². The molecule has 1 N–H and O–H groups in total. The van der Waals surface area contributed by atoms with E-state index in [-0.39, 0.29) is 11.8 Å². The molecule has 0 heterocycles. The SMILES string of the molecule is CC(CC(=O)Nc1cccc(Br)c1)c1ccccc1. The molecule has 3 heteroatoms. The molecule has 0 fully saturated rings. The van der Waals surface area contributed by atoms with Crippen molar-refractivity contribution in [3.05, 3.63) is 64.6 Å². The first kappa shape index (κ1) is 13.8. The number of hydrogen-bond donors (Lipinski definition) is 1. The Morgan fingerprint density at radius 3 is 2.58 bits per heavy atom. The van der Waals surface area contributed by atoms with Gasteiger partial charge in [-0.1, -0.05) is 59.3 Å². The van der Waals surface area contributed by atoms with Crippen molar-refractivity contribution in [2.45, 2.75) is 19.3 Å². The molecule has 1 unspecified atom stereocenters. The molecule has 0 aliphatic heterocycles. The van der Waals surface area contributed by atoms with Gasteiger partial charge in [-0.3, -0.25) is 4.79 Å². The molecule has 19 heavy (non-hydrogen) atoms. The standard InChI is InChI=1S/C16H16BrNO/c1-12(13-6-3-2-4-7-13)10-16(19)18-15-9-5-8-14(17)11-15/h2-9,11-12H,10H2,1H3,(H,18,19). The van der Waals surface area contributed by atoms with Gasteiger partial charge in [0.1, 0.15) is 0 Å². The first-order valence-electron chi connectivity index (χ1n) is 6.25. The second kappa shape index (κ2) is 6.53. The van der Waals surface area contributed by atoms with Gasteiger partial charge < -0.3 is 5.32 Å². The van der Waals surface area contributed by atoms with E-state index in [1.807, 2.05) is 42.5 Å². The summed E-state index contributed by atoms with van der Waals surface area (Å²) in [4.78, 5) is 12.0. The first-order chi connectivity index (χ1) is 9.15. The molecule has 2 aromatic carbocycles. The summed E-state index contributed by atoms with van der Waals surface area (Å²) in [7, 11) is 0. The second-order valence-corrected chi connectivity index (χ2v) is 5.49. The van der Waals surface area contributed by atoms with Crippen molar-refractivity contribution in [1.82, 2.24) is 0 Å². The average Bonchev–Trinajstić information content (AvgIpc) is 2.39. The highest BCUT2D eigenvalue weighted by atomic mass is 79.9. The first-order valence-corrected chi connectivity index (χ1v) is 7.05. The zero-order valence-corrected chi connectivity index (χ0v) is 12.4. The molecule has 1 atom stereocenters. The predicted octanol–water partition coefficient (Wildman–Crippen LogP) is 4.58. The van der Waals surface area contributed by atoms with Crippen molar-refractivity contribution in [2.75, 3.05) is 5.32 Å². The number of benzene rings is 2. The van der Waals surface area contributed by atoms with Crippen LogP contribution in [-0.4, -0.2) is 5.91 Å². The van der Waals surface area contributed by atoms with Crippen LogP contribution in [0.15, 0.2) is 59.1 Å². The lowest BCUT2D eigenvalue weighted by Gasteiger charge is -2.12. The van der Waals surface area contributed by atoms with Gasteiger partial charge in [0.25, 0.3) is 0 Å². The Labute approximate surface area is 122 Å². The maximum Gasteiger partial charge on any atom is 0.224 e. The molecule has 0 radical (unpaired) electrons. The lowest BCUT2D eigenvalue weighted by molar-refractivity contribution is -0.116. The summed E-state index contributed by atoms with van der Waals surface area (Å²) < 4.78 is 0.960. The van der Waals surface area contributed by atoms with E-state index in [2.05, 4.69) is 40.3 Å². The van der Waals surface area contributed by atoms with Crippen molar-refractivity contribution < 1.29 is 4.79 Å². The van der Waals surface area contributed by atoms with Crippen molar-refractivity contribution >= 4 is 27.5 Å². The number of halogens is 1. The number of carbonyl (C=O) groups is 1. The molecule has 0 saturated heterocycles. The van der Waals surface area contributed by atoms with Crippen molar-refractivity contribution in [2.24, 2.45) is 0 Å². The van der Waals surface area contributed by atoms with E-state index >= 15 is 0 Å². The quantitative estimate of drug-likeness (QED) is 0.878. The van der Waals surface area contributed by atoms with Crippen LogP contribution in [0, 0.1) is 0 Å². The van der Waals surface area contributed by atoms with Crippen LogP contribution in [0.3, 0.4) is 0 Å². The molecule has 0 aliphatic rings. The fraction of sp³-hybridized carbons (Fsp3) is 0.188. The topological polar surface area (TPSA) is 29.1 Å². The largest absolute Gasteiger partial charge is 0.326 e. The Morgan fingerprint density at radius 1 is 1.16 bits per heavy atom. The monoisotopic (exact) mass is 317 g/mol. The van der Waals surface area contributed by atoms with Gasteiger partial charge in [-0.2, -0.15) is 0 Å². The zero-order chi connectivity index (χ0) is 13.7. The van der Waals surface area contributed by atoms with Crippen LogP contribution in [0.1, 0.15) is 24.8 Å². The number of carbonyl (C=O) groups excluding carboxylic acids is 1. The van der Waals surface area contributed by atoms with E-state index in [9.17, 15) is 4.79 Å². The van der Waals surface area contributed by atoms with Gasteiger partial charge in [-0.15, -0.1) is 0 Å². The summed E-state index contributed by atoms with van der Waals surface area (Å²) in [6.45, 7) is 2.07. The van der Waals surface area contributed by atoms with E-state index < -0.39 is 0 Å². The molecule has 0 aliphatic carbocycles. The fourth-order valence-corrected chi connectivity index (χ4v) is 2.36. The van der Waals surface area contributed by atoms with Gasteiger partial charge in [-0.05, 0) is 29.7 Å². The van der Waals surface area contributed by atoms with Gasteiger partial charge in [0.05, 0.1) is 0 Å². The van der Waals surface area contributed by atoms with Crippen LogP contribution < -0.4 is 5.32 Å². The van der Waals surface area contributed by atoms with Gasteiger partial charge in [0, 0.05) is 16.6 Å². The number of rotatable bonds is 4. The van der Waals surface area contributed by atoms with Gasteiger partial charge in [0.15, 0.2) is 0 Å². The highest BCUT2D eigenvalue weighted by Crippen LogP contribution is 2.20. The summed E-state index contributed by atoms with van der Waals surface area (Å²) in [5.41, 5.74) is 2.01. The minimum atomic E-state index is 0.0365. The predicted molar refractivity (Wildman–Crippen MR) is 82.2 cm³/mol. The summed E-state index contributed by atoms with van der Waals surface area (Å²) in [5.74, 6) is 0.253. The normalized spacial score (nSPS) is 11.9. The molecule has 0 spiro atoms.